The normalized spacial score (nSPS) is 15.1. The van der Waals surface area contributed by atoms with Gasteiger partial charge in [0.05, 0.1) is 16.6 Å². The number of carbonyl (C=O) groups excluding carboxylic acids is 1. The summed E-state index contributed by atoms with van der Waals surface area (Å²) in [4.78, 5) is 42.5. The summed E-state index contributed by atoms with van der Waals surface area (Å²) in [5.41, 5.74) is 2.57. The maximum Gasteiger partial charge on any atom is 0.335 e. The first-order valence-electron chi connectivity index (χ1n) is 10.8. The SMILES string of the molecule is O=COC1CCN(c2ccc3c4c2cccc4c(=O)n2c4ccc(C(=O)O)cc4nc32)CC1. The molecule has 1 aliphatic heterocycles. The predicted molar refractivity (Wildman–Crippen MR) is 125 cm³/mol. The highest BCUT2D eigenvalue weighted by Gasteiger charge is 2.23. The van der Waals surface area contributed by atoms with E-state index in [0.717, 1.165) is 47.8 Å². The summed E-state index contributed by atoms with van der Waals surface area (Å²) in [5.74, 6) is -1.04. The van der Waals surface area contributed by atoms with Gasteiger partial charge in [0.25, 0.3) is 12.0 Å². The fraction of sp³-hybridized carbons (Fsp3) is 0.200. The van der Waals surface area contributed by atoms with E-state index in [1.54, 1.807) is 10.5 Å². The average molecular weight is 441 g/mol. The standard InChI is InChI=1S/C25H19N3O5/c29-13-33-15-8-10-27(11-9-15)20-7-5-17-22-16(20)2-1-3-18(22)24(30)28-21-6-4-14(25(31)32)12-19(21)26-23(17)28/h1-7,12-13,15H,8-11H2,(H,31,32). The number of carboxylic acids is 1. The maximum atomic E-state index is 13.5. The topological polar surface area (TPSA) is 101 Å². The predicted octanol–water partition coefficient (Wildman–Crippen LogP) is 3.43. The highest BCUT2D eigenvalue weighted by molar-refractivity contribution is 6.19. The second-order valence-corrected chi connectivity index (χ2v) is 8.36. The number of benzene rings is 3. The molecular formula is C25H19N3O5. The number of piperidine rings is 1. The van der Waals surface area contributed by atoms with Crippen LogP contribution in [0.4, 0.5) is 5.69 Å². The monoisotopic (exact) mass is 441 g/mol. The number of pyridine rings is 1. The van der Waals surface area contributed by atoms with Crippen molar-refractivity contribution in [3.8, 4) is 0 Å². The van der Waals surface area contributed by atoms with Crippen LogP contribution in [0.25, 0.3) is 38.2 Å². The third-order valence-electron chi connectivity index (χ3n) is 6.62. The molecule has 1 aliphatic rings. The number of rotatable bonds is 4. The van der Waals surface area contributed by atoms with Crippen LogP contribution in [0.3, 0.4) is 0 Å². The lowest BCUT2D eigenvalue weighted by molar-refractivity contribution is -0.134. The summed E-state index contributed by atoms with van der Waals surface area (Å²) in [6.45, 7) is 2.02. The van der Waals surface area contributed by atoms with Gasteiger partial charge in [0.15, 0.2) is 0 Å². The number of imidazole rings is 1. The highest BCUT2D eigenvalue weighted by atomic mass is 16.5. The molecule has 8 heteroatoms. The molecule has 164 valence electrons. The number of hydrogen-bond donors (Lipinski definition) is 1. The van der Waals surface area contributed by atoms with E-state index in [4.69, 9.17) is 4.74 Å². The third kappa shape index (κ3) is 2.83. The van der Waals surface area contributed by atoms with Gasteiger partial charge in [0, 0.05) is 53.2 Å². The fourth-order valence-electron chi connectivity index (χ4n) is 5.06. The third-order valence-corrected chi connectivity index (χ3v) is 6.62. The molecule has 0 aliphatic carbocycles. The highest BCUT2D eigenvalue weighted by Crippen LogP contribution is 2.36. The number of carboxylic acid groups (broad SMARTS) is 1. The largest absolute Gasteiger partial charge is 0.478 e. The van der Waals surface area contributed by atoms with E-state index in [9.17, 15) is 19.5 Å². The Morgan fingerprint density at radius 3 is 2.61 bits per heavy atom. The summed E-state index contributed by atoms with van der Waals surface area (Å²) >= 11 is 0. The smallest absolute Gasteiger partial charge is 0.335 e. The van der Waals surface area contributed by atoms with Gasteiger partial charge in [-0.3, -0.25) is 14.0 Å². The number of aromatic carboxylic acids is 1. The van der Waals surface area contributed by atoms with Crippen molar-refractivity contribution in [2.45, 2.75) is 18.9 Å². The Bertz CT molecular complexity index is 1630. The van der Waals surface area contributed by atoms with Gasteiger partial charge in [0.2, 0.25) is 0 Å². The molecule has 0 saturated carbocycles. The summed E-state index contributed by atoms with van der Waals surface area (Å²) in [6, 6.07) is 14.4. The molecule has 3 heterocycles. The van der Waals surface area contributed by atoms with Crippen LogP contribution >= 0.6 is 0 Å². The van der Waals surface area contributed by atoms with Gasteiger partial charge in [-0.15, -0.1) is 0 Å². The first-order chi connectivity index (χ1) is 16.1. The van der Waals surface area contributed by atoms with Gasteiger partial charge >= 0.3 is 5.97 Å². The van der Waals surface area contributed by atoms with Crippen LogP contribution in [0.5, 0.6) is 0 Å². The maximum absolute atomic E-state index is 13.5. The van der Waals surface area contributed by atoms with E-state index in [2.05, 4.69) is 9.88 Å². The van der Waals surface area contributed by atoms with Crippen molar-refractivity contribution in [3.05, 3.63) is 64.4 Å². The first kappa shape index (κ1) is 19.5. The molecule has 1 saturated heterocycles. The summed E-state index contributed by atoms with van der Waals surface area (Å²) in [7, 11) is 0. The molecule has 0 bridgehead atoms. The second-order valence-electron chi connectivity index (χ2n) is 8.36. The van der Waals surface area contributed by atoms with E-state index < -0.39 is 5.97 Å². The van der Waals surface area contributed by atoms with Crippen LogP contribution in [-0.4, -0.2) is 46.1 Å². The van der Waals surface area contributed by atoms with Crippen LogP contribution in [0, 0.1) is 0 Å². The van der Waals surface area contributed by atoms with Crippen molar-refractivity contribution < 1.29 is 19.4 Å². The van der Waals surface area contributed by atoms with Crippen LogP contribution in [0.2, 0.25) is 0 Å². The van der Waals surface area contributed by atoms with Gasteiger partial charge in [-0.25, -0.2) is 9.78 Å². The minimum Gasteiger partial charge on any atom is -0.478 e. The molecule has 0 atom stereocenters. The number of hydrogen-bond acceptors (Lipinski definition) is 6. The van der Waals surface area contributed by atoms with Crippen LogP contribution < -0.4 is 10.5 Å². The Balaban J connectivity index is 1.59. The van der Waals surface area contributed by atoms with Crippen molar-refractivity contribution in [3.63, 3.8) is 0 Å². The molecule has 1 N–H and O–H groups in total. The Hall–Kier alpha value is -4.20. The number of anilines is 1. The molecule has 0 amide bonds. The molecule has 3 aromatic carbocycles. The zero-order valence-electron chi connectivity index (χ0n) is 17.5. The molecule has 8 nitrogen and oxygen atoms in total. The molecule has 5 aromatic rings. The molecular weight excluding hydrogens is 422 g/mol. The van der Waals surface area contributed by atoms with Crippen LogP contribution in [-0.2, 0) is 9.53 Å². The number of ether oxygens (including phenoxy) is 1. The van der Waals surface area contributed by atoms with Crippen molar-refractivity contribution in [2.24, 2.45) is 0 Å². The molecule has 33 heavy (non-hydrogen) atoms. The van der Waals surface area contributed by atoms with E-state index in [1.807, 2.05) is 30.3 Å². The van der Waals surface area contributed by atoms with Crippen LogP contribution in [0.15, 0.2) is 53.3 Å². The van der Waals surface area contributed by atoms with Gasteiger partial charge in [-0.05, 0) is 36.4 Å². The molecule has 2 aromatic heterocycles. The summed E-state index contributed by atoms with van der Waals surface area (Å²) in [6.07, 6.45) is 1.45. The van der Waals surface area contributed by atoms with E-state index >= 15 is 0 Å². The quantitative estimate of drug-likeness (QED) is 0.427. The second kappa shape index (κ2) is 7.16. The van der Waals surface area contributed by atoms with E-state index in [-0.39, 0.29) is 17.2 Å². The summed E-state index contributed by atoms with van der Waals surface area (Å²) < 4.78 is 6.69. The zero-order chi connectivity index (χ0) is 22.7. The summed E-state index contributed by atoms with van der Waals surface area (Å²) in [5, 5.41) is 12.6. The number of nitrogens with zero attached hydrogens (tertiary/aromatic N) is 3. The number of fused-ring (bicyclic) bond motifs is 4. The minimum absolute atomic E-state index is 0.0593. The van der Waals surface area contributed by atoms with Crippen molar-refractivity contribution >= 4 is 56.4 Å². The molecule has 1 fully saturated rings. The lowest BCUT2D eigenvalue weighted by Crippen LogP contribution is -2.37. The molecule has 0 unspecified atom stereocenters. The van der Waals surface area contributed by atoms with E-state index in [0.29, 0.717) is 28.5 Å². The van der Waals surface area contributed by atoms with Crippen molar-refractivity contribution in [2.75, 3.05) is 18.0 Å². The van der Waals surface area contributed by atoms with Gasteiger partial charge in [-0.1, -0.05) is 12.1 Å². The van der Waals surface area contributed by atoms with Crippen molar-refractivity contribution in [1.82, 2.24) is 9.38 Å². The Kier molecular flexibility index (Phi) is 4.23. The van der Waals surface area contributed by atoms with Gasteiger partial charge in [0.1, 0.15) is 11.8 Å². The van der Waals surface area contributed by atoms with Crippen molar-refractivity contribution in [1.29, 1.82) is 0 Å². The van der Waals surface area contributed by atoms with Crippen LogP contribution in [0.1, 0.15) is 23.2 Å². The lowest BCUT2D eigenvalue weighted by atomic mass is 9.99. The number of carbonyl (C=O) groups is 2. The fourth-order valence-corrected chi connectivity index (χ4v) is 5.06. The lowest BCUT2D eigenvalue weighted by Gasteiger charge is -2.33. The minimum atomic E-state index is -1.04. The molecule has 0 spiro atoms. The molecule has 0 radical (unpaired) electrons. The van der Waals surface area contributed by atoms with Gasteiger partial charge < -0.3 is 14.7 Å². The number of aromatic nitrogens is 2. The molecule has 6 rings (SSSR count). The average Bonchev–Trinajstić information content (AvgIpc) is 3.22. The first-order valence-corrected chi connectivity index (χ1v) is 10.8. The Labute approximate surface area is 187 Å². The van der Waals surface area contributed by atoms with E-state index in [1.165, 1.54) is 12.1 Å². The Morgan fingerprint density at radius 1 is 1.06 bits per heavy atom. The zero-order valence-corrected chi connectivity index (χ0v) is 17.5. The van der Waals surface area contributed by atoms with Gasteiger partial charge in [-0.2, -0.15) is 0 Å². The Morgan fingerprint density at radius 2 is 1.85 bits per heavy atom.